The molecule has 0 aliphatic rings. The van der Waals surface area contributed by atoms with Crippen molar-refractivity contribution >= 4 is 23.2 Å². The van der Waals surface area contributed by atoms with Gasteiger partial charge in [-0.05, 0) is 42.3 Å². The molecule has 3 nitrogen and oxygen atoms in total. The van der Waals surface area contributed by atoms with E-state index in [1.165, 1.54) is 12.1 Å². The number of nitrogens with one attached hydrogen (secondary N) is 1. The van der Waals surface area contributed by atoms with Gasteiger partial charge >= 0.3 is 0 Å². The summed E-state index contributed by atoms with van der Waals surface area (Å²) < 4.78 is 13.5. The van der Waals surface area contributed by atoms with Crippen LogP contribution >= 0.6 is 11.6 Å². The molecule has 1 amide bonds. The number of nitrogens with two attached hydrogens (primary N) is 1. The summed E-state index contributed by atoms with van der Waals surface area (Å²) >= 11 is 5.64. The molecular weight excluding hydrogens is 279 g/mol. The van der Waals surface area contributed by atoms with E-state index in [-0.39, 0.29) is 10.6 Å². The third kappa shape index (κ3) is 3.71. The van der Waals surface area contributed by atoms with Gasteiger partial charge in [0.05, 0.1) is 5.56 Å². The lowest BCUT2D eigenvalue weighted by Crippen LogP contribution is -2.26. The van der Waals surface area contributed by atoms with Gasteiger partial charge in [0, 0.05) is 17.3 Å². The molecule has 0 aliphatic heterocycles. The number of anilines is 1. The van der Waals surface area contributed by atoms with Gasteiger partial charge in [-0.3, -0.25) is 4.79 Å². The summed E-state index contributed by atoms with van der Waals surface area (Å²) in [5, 5.41) is 2.93. The zero-order valence-corrected chi connectivity index (χ0v) is 11.5. The van der Waals surface area contributed by atoms with Crippen molar-refractivity contribution in [3.05, 3.63) is 64.4 Å². The average Bonchev–Trinajstić information content (AvgIpc) is 2.41. The van der Waals surface area contributed by atoms with E-state index in [0.29, 0.717) is 18.7 Å². The van der Waals surface area contributed by atoms with E-state index < -0.39 is 11.7 Å². The molecule has 0 unspecified atom stereocenters. The molecule has 0 atom stereocenters. The molecular formula is C15H14ClFN2O. The predicted octanol–water partition coefficient (Wildman–Crippen LogP) is 3.03. The van der Waals surface area contributed by atoms with E-state index in [4.69, 9.17) is 17.3 Å². The van der Waals surface area contributed by atoms with E-state index in [9.17, 15) is 9.18 Å². The van der Waals surface area contributed by atoms with Gasteiger partial charge in [0.15, 0.2) is 0 Å². The normalized spacial score (nSPS) is 10.3. The Hall–Kier alpha value is -2.07. The topological polar surface area (TPSA) is 55.1 Å². The summed E-state index contributed by atoms with van der Waals surface area (Å²) in [5.74, 6) is -1.07. The standard InChI is InChI=1S/C15H14ClFN2O/c16-11-3-6-13(14(17)9-11)15(20)19-8-7-10-1-4-12(18)5-2-10/h1-6,9H,7-8,18H2,(H,19,20). The lowest BCUT2D eigenvalue weighted by atomic mass is 10.1. The number of carbonyl (C=O) groups is 1. The fourth-order valence-corrected chi connectivity index (χ4v) is 1.93. The Balaban J connectivity index is 1.90. The number of benzene rings is 2. The molecule has 0 saturated carbocycles. The van der Waals surface area contributed by atoms with Crippen LogP contribution in [-0.2, 0) is 6.42 Å². The summed E-state index contributed by atoms with van der Waals surface area (Å²) in [4.78, 5) is 11.8. The van der Waals surface area contributed by atoms with Crippen molar-refractivity contribution in [3.8, 4) is 0 Å². The Kier molecular flexibility index (Phi) is 4.58. The highest BCUT2D eigenvalue weighted by Crippen LogP contribution is 2.14. The Morgan fingerprint density at radius 2 is 1.90 bits per heavy atom. The summed E-state index contributed by atoms with van der Waals surface area (Å²) in [7, 11) is 0. The number of hydrogen-bond donors (Lipinski definition) is 2. The zero-order valence-electron chi connectivity index (χ0n) is 10.7. The number of rotatable bonds is 4. The van der Waals surface area contributed by atoms with Crippen molar-refractivity contribution in [2.45, 2.75) is 6.42 Å². The molecule has 0 radical (unpaired) electrons. The van der Waals surface area contributed by atoms with Crippen molar-refractivity contribution in [3.63, 3.8) is 0 Å². The van der Waals surface area contributed by atoms with Crippen LogP contribution in [0, 0.1) is 5.82 Å². The van der Waals surface area contributed by atoms with Gasteiger partial charge in [-0.2, -0.15) is 0 Å². The lowest BCUT2D eigenvalue weighted by Gasteiger charge is -2.07. The van der Waals surface area contributed by atoms with Crippen LogP contribution in [0.25, 0.3) is 0 Å². The van der Waals surface area contributed by atoms with Gasteiger partial charge in [0.25, 0.3) is 5.91 Å². The largest absolute Gasteiger partial charge is 0.399 e. The SMILES string of the molecule is Nc1ccc(CCNC(=O)c2ccc(Cl)cc2F)cc1. The van der Waals surface area contributed by atoms with Crippen LogP contribution in [0.2, 0.25) is 5.02 Å². The molecule has 5 heteroatoms. The van der Waals surface area contributed by atoms with Gasteiger partial charge < -0.3 is 11.1 Å². The minimum Gasteiger partial charge on any atom is -0.399 e. The van der Waals surface area contributed by atoms with Crippen LogP contribution in [0.3, 0.4) is 0 Å². The molecule has 0 fully saturated rings. The van der Waals surface area contributed by atoms with Gasteiger partial charge in [-0.1, -0.05) is 23.7 Å². The van der Waals surface area contributed by atoms with Crippen molar-refractivity contribution < 1.29 is 9.18 Å². The highest BCUT2D eigenvalue weighted by Gasteiger charge is 2.11. The molecule has 20 heavy (non-hydrogen) atoms. The van der Waals surface area contributed by atoms with Gasteiger partial charge in [0.1, 0.15) is 5.82 Å². The molecule has 3 N–H and O–H groups in total. The summed E-state index contributed by atoms with van der Waals surface area (Å²) in [6, 6.07) is 11.4. The molecule has 104 valence electrons. The third-order valence-electron chi connectivity index (χ3n) is 2.85. The minimum absolute atomic E-state index is 0.00768. The first-order valence-electron chi connectivity index (χ1n) is 6.14. The van der Waals surface area contributed by atoms with E-state index in [1.807, 2.05) is 12.1 Å². The predicted molar refractivity (Wildman–Crippen MR) is 78.3 cm³/mol. The van der Waals surface area contributed by atoms with Crippen LogP contribution in [-0.4, -0.2) is 12.5 Å². The molecule has 0 bridgehead atoms. The maximum absolute atomic E-state index is 13.5. The highest BCUT2D eigenvalue weighted by atomic mass is 35.5. The van der Waals surface area contributed by atoms with Crippen LogP contribution in [0.15, 0.2) is 42.5 Å². The number of carbonyl (C=O) groups excluding carboxylic acids is 1. The smallest absolute Gasteiger partial charge is 0.254 e. The van der Waals surface area contributed by atoms with Crippen LogP contribution in [0.4, 0.5) is 10.1 Å². The summed E-state index contributed by atoms with van der Waals surface area (Å²) in [5.41, 5.74) is 7.33. The lowest BCUT2D eigenvalue weighted by molar-refractivity contribution is 0.0950. The average molecular weight is 293 g/mol. The fraction of sp³-hybridized carbons (Fsp3) is 0.133. The van der Waals surface area contributed by atoms with Crippen LogP contribution < -0.4 is 11.1 Å². The van der Waals surface area contributed by atoms with Gasteiger partial charge in [-0.25, -0.2) is 4.39 Å². The molecule has 2 rings (SSSR count). The Labute approximate surface area is 121 Å². The van der Waals surface area contributed by atoms with Crippen LogP contribution in [0.1, 0.15) is 15.9 Å². The molecule has 2 aromatic carbocycles. The first-order chi connectivity index (χ1) is 9.56. The van der Waals surface area contributed by atoms with Crippen molar-refractivity contribution in [2.75, 3.05) is 12.3 Å². The molecule has 0 saturated heterocycles. The highest BCUT2D eigenvalue weighted by molar-refractivity contribution is 6.30. The summed E-state index contributed by atoms with van der Waals surface area (Å²) in [6.45, 7) is 0.421. The monoisotopic (exact) mass is 292 g/mol. The Morgan fingerprint density at radius 3 is 2.55 bits per heavy atom. The first kappa shape index (κ1) is 14.3. The quantitative estimate of drug-likeness (QED) is 0.851. The van der Waals surface area contributed by atoms with E-state index in [2.05, 4.69) is 5.32 Å². The van der Waals surface area contributed by atoms with Crippen LogP contribution in [0.5, 0.6) is 0 Å². The second kappa shape index (κ2) is 6.39. The van der Waals surface area contributed by atoms with Crippen molar-refractivity contribution in [2.24, 2.45) is 0 Å². The molecule has 2 aromatic rings. The second-order valence-electron chi connectivity index (χ2n) is 4.37. The van der Waals surface area contributed by atoms with E-state index in [0.717, 1.165) is 11.6 Å². The van der Waals surface area contributed by atoms with E-state index >= 15 is 0 Å². The number of amides is 1. The van der Waals surface area contributed by atoms with Gasteiger partial charge in [0.2, 0.25) is 0 Å². The van der Waals surface area contributed by atoms with Crippen molar-refractivity contribution in [1.29, 1.82) is 0 Å². The number of hydrogen-bond acceptors (Lipinski definition) is 2. The van der Waals surface area contributed by atoms with Gasteiger partial charge in [-0.15, -0.1) is 0 Å². The maximum atomic E-state index is 13.5. The minimum atomic E-state index is -0.623. The number of nitrogen functional groups attached to an aromatic ring is 1. The Bertz CT molecular complexity index is 614. The first-order valence-corrected chi connectivity index (χ1v) is 6.52. The molecule has 0 spiro atoms. The second-order valence-corrected chi connectivity index (χ2v) is 4.81. The maximum Gasteiger partial charge on any atom is 0.254 e. The third-order valence-corrected chi connectivity index (χ3v) is 3.09. The number of halogens is 2. The zero-order chi connectivity index (χ0) is 14.5. The fourth-order valence-electron chi connectivity index (χ4n) is 1.77. The molecule has 0 aliphatic carbocycles. The Morgan fingerprint density at radius 1 is 1.20 bits per heavy atom. The van der Waals surface area contributed by atoms with E-state index in [1.54, 1.807) is 12.1 Å². The van der Waals surface area contributed by atoms with Crippen molar-refractivity contribution in [1.82, 2.24) is 5.32 Å². The molecule has 0 aromatic heterocycles. The molecule has 0 heterocycles. The summed E-state index contributed by atoms with van der Waals surface area (Å²) in [6.07, 6.45) is 0.654.